The molecule has 2 atom stereocenters. The van der Waals surface area contributed by atoms with Crippen molar-refractivity contribution in [1.29, 1.82) is 0 Å². The van der Waals surface area contributed by atoms with Crippen molar-refractivity contribution in [2.75, 3.05) is 6.61 Å². The highest BCUT2D eigenvalue weighted by molar-refractivity contribution is 4.97. The lowest BCUT2D eigenvalue weighted by molar-refractivity contribution is 0.160. The van der Waals surface area contributed by atoms with Gasteiger partial charge < -0.3 is 4.74 Å². The zero-order chi connectivity index (χ0) is 6.97. The van der Waals surface area contributed by atoms with Gasteiger partial charge >= 0.3 is 0 Å². The Bertz CT molecular complexity index is 120. The molecule has 1 radical (unpaired) electrons. The van der Waals surface area contributed by atoms with Crippen molar-refractivity contribution in [2.45, 2.75) is 32.6 Å². The molecule has 0 aromatic rings. The van der Waals surface area contributed by atoms with Crippen molar-refractivity contribution in [3.05, 3.63) is 6.10 Å². The molecule has 2 unspecified atom stereocenters. The summed E-state index contributed by atoms with van der Waals surface area (Å²) in [5, 5.41) is 0. The molecule has 0 spiro atoms. The summed E-state index contributed by atoms with van der Waals surface area (Å²) < 4.78 is 5.59. The minimum atomic E-state index is 0.801. The molecule has 0 aromatic heterocycles. The molecule has 1 saturated carbocycles. The monoisotopic (exact) mass is 139 g/mol. The molecule has 0 N–H and O–H groups in total. The van der Waals surface area contributed by atoms with Crippen molar-refractivity contribution < 1.29 is 4.74 Å². The standard InChI is InChI=1S/C9H15O/c1-7-6-10-9-5-3-2-4-8(7)9/h7-8H,2-6H2,1H3. The fraction of sp³-hybridized carbons (Fsp3) is 0.889. The molecule has 1 saturated heterocycles. The average Bonchev–Trinajstić information content (AvgIpc) is 2.34. The lowest BCUT2D eigenvalue weighted by Gasteiger charge is -2.24. The van der Waals surface area contributed by atoms with Gasteiger partial charge in [0.25, 0.3) is 0 Å². The van der Waals surface area contributed by atoms with E-state index >= 15 is 0 Å². The summed E-state index contributed by atoms with van der Waals surface area (Å²) >= 11 is 0. The quantitative estimate of drug-likeness (QED) is 0.500. The molecular formula is C9H15O. The second-order valence-electron chi connectivity index (χ2n) is 3.61. The predicted molar refractivity (Wildman–Crippen MR) is 40.3 cm³/mol. The van der Waals surface area contributed by atoms with E-state index in [0.717, 1.165) is 18.4 Å². The van der Waals surface area contributed by atoms with Gasteiger partial charge in [-0.25, -0.2) is 0 Å². The van der Waals surface area contributed by atoms with Crippen LogP contribution >= 0.6 is 0 Å². The Morgan fingerprint density at radius 2 is 2.30 bits per heavy atom. The zero-order valence-electron chi connectivity index (χ0n) is 6.60. The lowest BCUT2D eigenvalue weighted by Crippen LogP contribution is -2.16. The van der Waals surface area contributed by atoms with E-state index in [1.807, 2.05) is 0 Å². The number of fused-ring (bicyclic) bond motifs is 1. The number of hydrogen-bond acceptors (Lipinski definition) is 1. The van der Waals surface area contributed by atoms with E-state index in [2.05, 4.69) is 6.92 Å². The molecule has 1 aliphatic heterocycles. The van der Waals surface area contributed by atoms with Gasteiger partial charge in [0, 0.05) is 0 Å². The summed E-state index contributed by atoms with van der Waals surface area (Å²) in [6.45, 7) is 3.29. The van der Waals surface area contributed by atoms with Crippen LogP contribution in [0.15, 0.2) is 0 Å². The zero-order valence-corrected chi connectivity index (χ0v) is 6.60. The Morgan fingerprint density at radius 1 is 1.40 bits per heavy atom. The Hall–Kier alpha value is -0.0400. The maximum atomic E-state index is 5.59. The summed E-state index contributed by atoms with van der Waals surface area (Å²) in [7, 11) is 0. The topological polar surface area (TPSA) is 9.23 Å². The first-order valence-electron chi connectivity index (χ1n) is 4.36. The minimum absolute atomic E-state index is 0.801. The van der Waals surface area contributed by atoms with Gasteiger partial charge in [0.2, 0.25) is 0 Å². The van der Waals surface area contributed by atoms with Crippen LogP contribution in [0.3, 0.4) is 0 Å². The van der Waals surface area contributed by atoms with Crippen molar-refractivity contribution in [3.8, 4) is 0 Å². The maximum absolute atomic E-state index is 5.59. The maximum Gasteiger partial charge on any atom is 0.100 e. The third kappa shape index (κ3) is 0.968. The van der Waals surface area contributed by atoms with E-state index in [4.69, 9.17) is 4.74 Å². The van der Waals surface area contributed by atoms with Gasteiger partial charge in [0.1, 0.15) is 6.10 Å². The molecule has 1 aliphatic carbocycles. The van der Waals surface area contributed by atoms with E-state index < -0.39 is 0 Å². The number of rotatable bonds is 0. The predicted octanol–water partition coefficient (Wildman–Crippen LogP) is 2.37. The van der Waals surface area contributed by atoms with Crippen LogP contribution in [0.25, 0.3) is 0 Å². The highest BCUT2D eigenvalue weighted by Crippen LogP contribution is 2.42. The molecule has 0 bridgehead atoms. The van der Waals surface area contributed by atoms with E-state index in [0.29, 0.717) is 0 Å². The second-order valence-corrected chi connectivity index (χ2v) is 3.61. The van der Waals surface area contributed by atoms with Gasteiger partial charge in [0.05, 0.1) is 6.61 Å². The largest absolute Gasteiger partial charge is 0.371 e. The first-order chi connectivity index (χ1) is 4.88. The highest BCUT2D eigenvalue weighted by Gasteiger charge is 2.36. The van der Waals surface area contributed by atoms with Crippen LogP contribution in [0.5, 0.6) is 0 Å². The summed E-state index contributed by atoms with van der Waals surface area (Å²) in [5.74, 6) is 1.63. The molecule has 1 heterocycles. The summed E-state index contributed by atoms with van der Waals surface area (Å²) in [6.07, 6.45) is 6.82. The Labute approximate surface area is 62.8 Å². The third-order valence-electron chi connectivity index (χ3n) is 2.82. The summed E-state index contributed by atoms with van der Waals surface area (Å²) in [6, 6.07) is 0. The van der Waals surface area contributed by atoms with E-state index in [-0.39, 0.29) is 0 Å². The SMILES string of the molecule is CC1CO[C]2CCCCC21. The van der Waals surface area contributed by atoms with E-state index in [9.17, 15) is 0 Å². The van der Waals surface area contributed by atoms with Crippen molar-refractivity contribution >= 4 is 0 Å². The molecule has 2 aliphatic rings. The number of ether oxygens (including phenoxy) is 1. The van der Waals surface area contributed by atoms with Crippen molar-refractivity contribution in [2.24, 2.45) is 11.8 Å². The number of hydrogen-bond donors (Lipinski definition) is 0. The second kappa shape index (κ2) is 2.54. The molecule has 0 aromatic carbocycles. The van der Waals surface area contributed by atoms with Crippen LogP contribution in [-0.2, 0) is 4.74 Å². The first-order valence-corrected chi connectivity index (χ1v) is 4.36. The Balaban J connectivity index is 2.01. The Morgan fingerprint density at radius 3 is 3.10 bits per heavy atom. The fourth-order valence-electron chi connectivity index (χ4n) is 2.15. The van der Waals surface area contributed by atoms with Crippen LogP contribution in [0.2, 0.25) is 0 Å². The average molecular weight is 139 g/mol. The van der Waals surface area contributed by atoms with E-state index in [1.54, 1.807) is 0 Å². The molecule has 1 heteroatoms. The molecule has 2 fully saturated rings. The van der Waals surface area contributed by atoms with Crippen molar-refractivity contribution in [1.82, 2.24) is 0 Å². The van der Waals surface area contributed by atoms with Gasteiger partial charge in [0.15, 0.2) is 0 Å². The van der Waals surface area contributed by atoms with Gasteiger partial charge in [-0.3, -0.25) is 0 Å². The van der Waals surface area contributed by atoms with Gasteiger partial charge in [-0.15, -0.1) is 0 Å². The highest BCUT2D eigenvalue weighted by atomic mass is 16.5. The van der Waals surface area contributed by atoms with E-state index in [1.165, 1.54) is 31.8 Å². The first kappa shape index (κ1) is 6.66. The fourth-order valence-corrected chi connectivity index (χ4v) is 2.15. The molecule has 2 rings (SSSR count). The Kier molecular flexibility index (Phi) is 1.69. The van der Waals surface area contributed by atoms with Crippen LogP contribution in [0, 0.1) is 17.9 Å². The normalized spacial score (nSPS) is 41.7. The molecule has 10 heavy (non-hydrogen) atoms. The smallest absolute Gasteiger partial charge is 0.100 e. The molecule has 1 nitrogen and oxygen atoms in total. The van der Waals surface area contributed by atoms with Gasteiger partial charge in [-0.1, -0.05) is 19.8 Å². The lowest BCUT2D eigenvalue weighted by atomic mass is 9.81. The van der Waals surface area contributed by atoms with Crippen LogP contribution in [0.4, 0.5) is 0 Å². The van der Waals surface area contributed by atoms with Crippen LogP contribution in [0.1, 0.15) is 32.6 Å². The minimum Gasteiger partial charge on any atom is -0.371 e. The molecular weight excluding hydrogens is 124 g/mol. The van der Waals surface area contributed by atoms with Crippen molar-refractivity contribution in [3.63, 3.8) is 0 Å². The van der Waals surface area contributed by atoms with Gasteiger partial charge in [-0.05, 0) is 24.7 Å². The molecule has 57 valence electrons. The molecule has 0 amide bonds. The summed E-state index contributed by atoms with van der Waals surface area (Å²) in [5.41, 5.74) is 0. The summed E-state index contributed by atoms with van der Waals surface area (Å²) in [4.78, 5) is 0. The van der Waals surface area contributed by atoms with Gasteiger partial charge in [-0.2, -0.15) is 0 Å². The van der Waals surface area contributed by atoms with Crippen LogP contribution in [-0.4, -0.2) is 6.61 Å². The third-order valence-corrected chi connectivity index (χ3v) is 2.82. The van der Waals surface area contributed by atoms with Crippen LogP contribution < -0.4 is 0 Å².